The van der Waals surface area contributed by atoms with Gasteiger partial charge in [-0.1, -0.05) is 30.0 Å². The summed E-state index contributed by atoms with van der Waals surface area (Å²) in [5, 5.41) is 12.0. The van der Waals surface area contributed by atoms with Gasteiger partial charge in [-0.05, 0) is 40.8 Å². The van der Waals surface area contributed by atoms with Crippen molar-refractivity contribution in [1.29, 1.82) is 0 Å². The zero-order valence-electron chi connectivity index (χ0n) is 12.7. The van der Waals surface area contributed by atoms with E-state index in [-0.39, 0.29) is 17.1 Å². The van der Waals surface area contributed by atoms with Gasteiger partial charge in [-0.3, -0.25) is 4.79 Å². The molecule has 0 aliphatic heterocycles. The van der Waals surface area contributed by atoms with Crippen LogP contribution in [0.1, 0.15) is 10.4 Å². The van der Waals surface area contributed by atoms with Crippen molar-refractivity contribution >= 4 is 17.5 Å². The fourth-order valence-corrected chi connectivity index (χ4v) is 2.88. The molecule has 0 N–H and O–H groups in total. The molecule has 1 heterocycles. The van der Waals surface area contributed by atoms with E-state index >= 15 is 0 Å². The summed E-state index contributed by atoms with van der Waals surface area (Å²) in [6.45, 7) is 0. The molecule has 0 spiro atoms. The number of Topliss-reactive ketones (excluding diaryl/α,β-unsaturated/α-hetero) is 1. The molecule has 3 aromatic rings. The Labute approximate surface area is 141 Å². The van der Waals surface area contributed by atoms with Crippen LogP contribution in [-0.4, -0.2) is 38.9 Å². The number of methoxy groups -OCH3 is 1. The molecule has 0 saturated heterocycles. The highest BCUT2D eigenvalue weighted by Crippen LogP contribution is 2.24. The Kier molecular flexibility index (Phi) is 4.85. The highest BCUT2D eigenvalue weighted by Gasteiger charge is 2.16. The summed E-state index contributed by atoms with van der Waals surface area (Å²) < 4.78 is 20.0. The van der Waals surface area contributed by atoms with Crippen LogP contribution in [0.4, 0.5) is 4.39 Å². The van der Waals surface area contributed by atoms with E-state index in [9.17, 15) is 9.18 Å². The van der Waals surface area contributed by atoms with Crippen LogP contribution in [-0.2, 0) is 0 Å². The molecule has 0 radical (unpaired) electrons. The smallest absolute Gasteiger partial charge is 0.214 e. The van der Waals surface area contributed by atoms with Gasteiger partial charge in [-0.25, -0.2) is 4.39 Å². The van der Waals surface area contributed by atoms with Gasteiger partial charge < -0.3 is 4.74 Å². The Hall–Kier alpha value is -2.74. The lowest BCUT2D eigenvalue weighted by atomic mass is 10.1. The van der Waals surface area contributed by atoms with Gasteiger partial charge in [0.25, 0.3) is 0 Å². The van der Waals surface area contributed by atoms with E-state index in [0.29, 0.717) is 10.9 Å². The number of halogens is 1. The Morgan fingerprint density at radius 3 is 2.79 bits per heavy atom. The van der Waals surface area contributed by atoms with Crippen LogP contribution in [0.2, 0.25) is 0 Å². The lowest BCUT2D eigenvalue weighted by Crippen LogP contribution is -2.07. The number of aromatic nitrogens is 4. The molecule has 24 heavy (non-hydrogen) atoms. The predicted octanol–water partition coefficient (Wildman–Crippen LogP) is 2.79. The molecule has 0 fully saturated rings. The molecule has 6 nitrogen and oxygen atoms in total. The number of hydrogen-bond donors (Lipinski definition) is 0. The summed E-state index contributed by atoms with van der Waals surface area (Å²) in [5.41, 5.74) is 0.990. The molecule has 0 aliphatic rings. The quantitative estimate of drug-likeness (QED) is 0.506. The molecule has 2 aromatic carbocycles. The highest BCUT2D eigenvalue weighted by atomic mass is 32.2. The molecule has 0 aliphatic carbocycles. The number of benzene rings is 2. The van der Waals surface area contributed by atoms with Crippen molar-refractivity contribution in [3.05, 3.63) is 59.9 Å². The highest BCUT2D eigenvalue weighted by molar-refractivity contribution is 7.99. The Bertz CT molecular complexity index is 854. The van der Waals surface area contributed by atoms with Crippen molar-refractivity contribution in [2.45, 2.75) is 5.16 Å². The van der Waals surface area contributed by atoms with Gasteiger partial charge in [-0.15, -0.1) is 5.10 Å². The van der Waals surface area contributed by atoms with Crippen LogP contribution >= 0.6 is 11.8 Å². The molecule has 0 saturated carbocycles. The average Bonchev–Trinajstić information content (AvgIpc) is 3.09. The summed E-state index contributed by atoms with van der Waals surface area (Å²) >= 11 is 1.18. The zero-order valence-corrected chi connectivity index (χ0v) is 13.5. The summed E-state index contributed by atoms with van der Waals surface area (Å²) in [6, 6.07) is 13.2. The number of ketones is 1. The summed E-state index contributed by atoms with van der Waals surface area (Å²) in [4.78, 5) is 12.4. The third kappa shape index (κ3) is 3.43. The number of tetrazole rings is 1. The van der Waals surface area contributed by atoms with E-state index in [1.807, 2.05) is 30.3 Å². The van der Waals surface area contributed by atoms with E-state index < -0.39 is 5.82 Å². The van der Waals surface area contributed by atoms with Gasteiger partial charge in [0.2, 0.25) is 5.16 Å². The first-order valence-electron chi connectivity index (χ1n) is 7.02. The summed E-state index contributed by atoms with van der Waals surface area (Å²) in [7, 11) is 1.44. The van der Waals surface area contributed by atoms with Gasteiger partial charge in [0.1, 0.15) is 11.6 Å². The minimum absolute atomic E-state index is 0.0625. The molecule has 8 heteroatoms. The SMILES string of the molecule is COc1ccc(F)cc1C(=O)CSc1nnnn1-c1ccccc1. The molecule has 0 atom stereocenters. The summed E-state index contributed by atoms with van der Waals surface area (Å²) in [5.74, 6) is -0.352. The predicted molar refractivity (Wildman–Crippen MR) is 87.2 cm³/mol. The number of hydrogen-bond acceptors (Lipinski definition) is 6. The largest absolute Gasteiger partial charge is 0.496 e. The Balaban J connectivity index is 1.77. The molecule has 0 amide bonds. The van der Waals surface area contributed by atoms with Crippen molar-refractivity contribution in [2.24, 2.45) is 0 Å². The first kappa shape index (κ1) is 16.1. The van der Waals surface area contributed by atoms with E-state index in [1.54, 1.807) is 4.68 Å². The minimum atomic E-state index is -0.488. The number of ether oxygens (including phenoxy) is 1. The second-order valence-corrected chi connectivity index (χ2v) is 5.71. The van der Waals surface area contributed by atoms with Crippen LogP contribution in [0.3, 0.4) is 0 Å². The van der Waals surface area contributed by atoms with Crippen LogP contribution in [0.15, 0.2) is 53.7 Å². The lowest BCUT2D eigenvalue weighted by Gasteiger charge is -2.07. The third-order valence-corrected chi connectivity index (χ3v) is 4.16. The topological polar surface area (TPSA) is 69.9 Å². The van der Waals surface area contributed by atoms with E-state index in [4.69, 9.17) is 4.74 Å². The minimum Gasteiger partial charge on any atom is -0.496 e. The van der Waals surface area contributed by atoms with Crippen molar-refractivity contribution in [2.75, 3.05) is 12.9 Å². The Morgan fingerprint density at radius 2 is 2.04 bits per heavy atom. The zero-order chi connectivity index (χ0) is 16.9. The molecular formula is C16H13FN4O2S. The van der Waals surface area contributed by atoms with Crippen LogP contribution in [0.25, 0.3) is 5.69 Å². The standard InChI is InChI=1S/C16H13FN4O2S/c1-23-15-8-7-11(17)9-13(15)14(22)10-24-16-18-19-20-21(16)12-5-3-2-4-6-12/h2-9H,10H2,1H3. The number of nitrogens with zero attached hydrogens (tertiary/aromatic N) is 4. The van der Waals surface area contributed by atoms with E-state index in [2.05, 4.69) is 15.5 Å². The number of carbonyl (C=O) groups excluding carboxylic acids is 1. The Morgan fingerprint density at radius 1 is 1.25 bits per heavy atom. The fraction of sp³-hybridized carbons (Fsp3) is 0.125. The lowest BCUT2D eigenvalue weighted by molar-refractivity contribution is 0.101. The van der Waals surface area contributed by atoms with Crippen molar-refractivity contribution in [3.8, 4) is 11.4 Å². The van der Waals surface area contributed by atoms with Gasteiger partial charge in [0.15, 0.2) is 5.78 Å². The first-order valence-corrected chi connectivity index (χ1v) is 8.01. The fourth-order valence-electron chi connectivity index (χ4n) is 2.11. The molecule has 1 aromatic heterocycles. The van der Waals surface area contributed by atoms with Gasteiger partial charge in [0.05, 0.1) is 24.1 Å². The number of carbonyl (C=O) groups is 1. The van der Waals surface area contributed by atoms with E-state index in [1.165, 1.54) is 37.1 Å². The van der Waals surface area contributed by atoms with Crippen LogP contribution < -0.4 is 4.74 Å². The second-order valence-electron chi connectivity index (χ2n) is 4.77. The van der Waals surface area contributed by atoms with Crippen molar-refractivity contribution < 1.29 is 13.9 Å². The molecule has 122 valence electrons. The van der Waals surface area contributed by atoms with Crippen LogP contribution in [0.5, 0.6) is 5.75 Å². The summed E-state index contributed by atoms with van der Waals surface area (Å²) in [6.07, 6.45) is 0. The monoisotopic (exact) mass is 344 g/mol. The average molecular weight is 344 g/mol. The molecule has 0 bridgehead atoms. The second kappa shape index (κ2) is 7.22. The van der Waals surface area contributed by atoms with Gasteiger partial charge in [0, 0.05) is 0 Å². The maximum Gasteiger partial charge on any atom is 0.214 e. The maximum absolute atomic E-state index is 13.4. The molecular weight excluding hydrogens is 331 g/mol. The maximum atomic E-state index is 13.4. The van der Waals surface area contributed by atoms with Crippen LogP contribution in [0, 0.1) is 5.82 Å². The number of thioether (sulfide) groups is 1. The van der Waals surface area contributed by atoms with Gasteiger partial charge in [-0.2, -0.15) is 4.68 Å². The third-order valence-electron chi connectivity index (χ3n) is 3.24. The number of rotatable bonds is 6. The number of para-hydroxylation sites is 1. The molecule has 0 unspecified atom stereocenters. The van der Waals surface area contributed by atoms with Crippen molar-refractivity contribution in [3.63, 3.8) is 0 Å². The van der Waals surface area contributed by atoms with Crippen molar-refractivity contribution in [1.82, 2.24) is 20.2 Å². The van der Waals surface area contributed by atoms with Gasteiger partial charge >= 0.3 is 0 Å². The normalized spacial score (nSPS) is 10.6. The van der Waals surface area contributed by atoms with E-state index in [0.717, 1.165) is 5.69 Å². The first-order chi connectivity index (χ1) is 11.7. The molecule has 3 rings (SSSR count).